The van der Waals surface area contributed by atoms with E-state index in [1.54, 1.807) is 25.3 Å². The van der Waals surface area contributed by atoms with Gasteiger partial charge in [0.15, 0.2) is 11.5 Å². The molecule has 0 spiro atoms. The first-order valence-electron chi connectivity index (χ1n) is 9.34. The SMILES string of the molecule is COc1cc(CNCCc2ccc(Cl)cc2Cl)cc(Br)c1OCc1ccc(F)cc1. The topological polar surface area (TPSA) is 30.5 Å². The fraction of sp³-hybridized carbons (Fsp3) is 0.217. The summed E-state index contributed by atoms with van der Waals surface area (Å²) in [4.78, 5) is 0. The summed E-state index contributed by atoms with van der Waals surface area (Å²) in [7, 11) is 1.60. The number of methoxy groups -OCH3 is 1. The Balaban J connectivity index is 1.58. The molecule has 30 heavy (non-hydrogen) atoms. The monoisotopic (exact) mass is 511 g/mol. The van der Waals surface area contributed by atoms with Crippen LogP contribution in [0.15, 0.2) is 59.1 Å². The maximum atomic E-state index is 13.1. The van der Waals surface area contributed by atoms with E-state index in [2.05, 4.69) is 21.2 Å². The highest BCUT2D eigenvalue weighted by Crippen LogP contribution is 2.37. The van der Waals surface area contributed by atoms with Gasteiger partial charge in [0.25, 0.3) is 0 Å². The lowest BCUT2D eigenvalue weighted by Crippen LogP contribution is -2.17. The largest absolute Gasteiger partial charge is 0.493 e. The second-order valence-electron chi connectivity index (χ2n) is 6.69. The van der Waals surface area contributed by atoms with Crippen LogP contribution >= 0.6 is 39.1 Å². The predicted octanol–water partition coefficient (Wildman–Crippen LogP) is 6.81. The zero-order valence-corrected chi connectivity index (χ0v) is 19.5. The van der Waals surface area contributed by atoms with E-state index in [4.69, 9.17) is 32.7 Å². The highest BCUT2D eigenvalue weighted by molar-refractivity contribution is 9.10. The van der Waals surface area contributed by atoms with Crippen LogP contribution in [0.25, 0.3) is 0 Å². The van der Waals surface area contributed by atoms with Gasteiger partial charge in [-0.1, -0.05) is 41.4 Å². The average Bonchev–Trinajstić information content (AvgIpc) is 2.72. The lowest BCUT2D eigenvalue weighted by atomic mass is 10.1. The van der Waals surface area contributed by atoms with Gasteiger partial charge in [-0.3, -0.25) is 0 Å². The summed E-state index contributed by atoms with van der Waals surface area (Å²) in [5.74, 6) is 0.968. The van der Waals surface area contributed by atoms with Crippen LogP contribution in [0.5, 0.6) is 11.5 Å². The highest BCUT2D eigenvalue weighted by atomic mass is 79.9. The van der Waals surface area contributed by atoms with E-state index in [1.807, 2.05) is 24.3 Å². The van der Waals surface area contributed by atoms with E-state index in [9.17, 15) is 4.39 Å². The molecule has 0 fully saturated rings. The van der Waals surface area contributed by atoms with Crippen molar-refractivity contribution in [3.05, 3.63) is 91.6 Å². The van der Waals surface area contributed by atoms with Crippen molar-refractivity contribution in [2.45, 2.75) is 19.6 Å². The zero-order valence-electron chi connectivity index (χ0n) is 16.4. The molecule has 0 heterocycles. The standard InChI is InChI=1S/C23H21BrCl2FNO2/c1-29-22-11-16(13-28-9-8-17-4-5-18(25)12-21(17)26)10-20(24)23(22)30-14-15-2-6-19(27)7-3-15/h2-7,10-12,28H,8-9,13-14H2,1H3. The maximum Gasteiger partial charge on any atom is 0.175 e. The Kier molecular flexibility index (Phi) is 8.40. The van der Waals surface area contributed by atoms with Gasteiger partial charge < -0.3 is 14.8 Å². The quantitative estimate of drug-likeness (QED) is 0.319. The molecule has 0 aliphatic carbocycles. The van der Waals surface area contributed by atoms with Gasteiger partial charge in [0.2, 0.25) is 0 Å². The van der Waals surface area contributed by atoms with Crippen molar-refractivity contribution in [3.63, 3.8) is 0 Å². The molecule has 0 atom stereocenters. The molecule has 0 saturated carbocycles. The number of hydrogen-bond donors (Lipinski definition) is 1. The number of ether oxygens (including phenoxy) is 2. The fourth-order valence-electron chi connectivity index (χ4n) is 2.93. The lowest BCUT2D eigenvalue weighted by Gasteiger charge is -2.15. The van der Waals surface area contributed by atoms with Crippen LogP contribution in [0.2, 0.25) is 10.0 Å². The molecule has 3 rings (SSSR count). The molecule has 0 aliphatic heterocycles. The zero-order chi connectivity index (χ0) is 21.5. The predicted molar refractivity (Wildman–Crippen MR) is 123 cm³/mol. The smallest absolute Gasteiger partial charge is 0.175 e. The third kappa shape index (κ3) is 6.35. The van der Waals surface area contributed by atoms with Gasteiger partial charge in [-0.15, -0.1) is 0 Å². The van der Waals surface area contributed by atoms with Crippen LogP contribution in [0.4, 0.5) is 4.39 Å². The van der Waals surface area contributed by atoms with Crippen LogP contribution in [-0.4, -0.2) is 13.7 Å². The van der Waals surface area contributed by atoms with Gasteiger partial charge in [0.05, 0.1) is 11.6 Å². The van der Waals surface area contributed by atoms with Crippen molar-refractivity contribution in [1.82, 2.24) is 5.32 Å². The molecule has 3 aromatic carbocycles. The summed E-state index contributed by atoms with van der Waals surface area (Å²) in [5, 5.41) is 4.72. The van der Waals surface area contributed by atoms with E-state index in [1.165, 1.54) is 12.1 Å². The number of benzene rings is 3. The summed E-state index contributed by atoms with van der Waals surface area (Å²) >= 11 is 15.7. The van der Waals surface area contributed by atoms with E-state index in [0.717, 1.165) is 34.1 Å². The Labute approximate surface area is 194 Å². The Morgan fingerprint density at radius 3 is 2.47 bits per heavy atom. The minimum absolute atomic E-state index is 0.271. The summed E-state index contributed by atoms with van der Waals surface area (Å²) in [5.41, 5.74) is 2.98. The van der Waals surface area contributed by atoms with Crippen molar-refractivity contribution in [1.29, 1.82) is 0 Å². The molecule has 3 nitrogen and oxygen atoms in total. The number of nitrogens with one attached hydrogen (secondary N) is 1. The van der Waals surface area contributed by atoms with Gasteiger partial charge in [-0.25, -0.2) is 4.39 Å². The second kappa shape index (κ2) is 11.0. The van der Waals surface area contributed by atoms with Gasteiger partial charge in [0.1, 0.15) is 12.4 Å². The van der Waals surface area contributed by atoms with E-state index in [0.29, 0.717) is 34.7 Å². The second-order valence-corrected chi connectivity index (χ2v) is 8.38. The molecule has 0 radical (unpaired) electrons. The Hall–Kier alpha value is -1.79. The molecular formula is C23H21BrCl2FNO2. The van der Waals surface area contributed by atoms with Crippen molar-refractivity contribution in [2.24, 2.45) is 0 Å². The fourth-order valence-corrected chi connectivity index (χ4v) is 4.04. The summed E-state index contributed by atoms with van der Waals surface area (Å²) in [6.07, 6.45) is 0.799. The average molecular weight is 513 g/mol. The normalized spacial score (nSPS) is 10.8. The lowest BCUT2D eigenvalue weighted by molar-refractivity contribution is 0.282. The Morgan fingerprint density at radius 2 is 1.77 bits per heavy atom. The van der Waals surface area contributed by atoms with Crippen LogP contribution in [0.3, 0.4) is 0 Å². The molecule has 158 valence electrons. The highest BCUT2D eigenvalue weighted by Gasteiger charge is 2.12. The Morgan fingerprint density at radius 1 is 1.00 bits per heavy atom. The van der Waals surface area contributed by atoms with Crippen LogP contribution < -0.4 is 14.8 Å². The first kappa shape index (κ1) is 22.9. The van der Waals surface area contributed by atoms with Crippen LogP contribution in [-0.2, 0) is 19.6 Å². The molecule has 0 saturated heterocycles. The first-order chi connectivity index (χ1) is 14.5. The van der Waals surface area contributed by atoms with E-state index >= 15 is 0 Å². The molecular weight excluding hydrogens is 492 g/mol. The first-order valence-corrected chi connectivity index (χ1v) is 10.9. The van der Waals surface area contributed by atoms with Crippen LogP contribution in [0, 0.1) is 5.82 Å². The third-order valence-electron chi connectivity index (χ3n) is 4.50. The number of rotatable bonds is 9. The van der Waals surface area contributed by atoms with Crippen molar-refractivity contribution < 1.29 is 13.9 Å². The number of hydrogen-bond acceptors (Lipinski definition) is 3. The van der Waals surface area contributed by atoms with Crippen LogP contribution in [0.1, 0.15) is 16.7 Å². The molecule has 0 amide bonds. The number of halogens is 4. The molecule has 0 aromatic heterocycles. The van der Waals surface area contributed by atoms with E-state index < -0.39 is 0 Å². The van der Waals surface area contributed by atoms with Crippen molar-refractivity contribution in [3.8, 4) is 11.5 Å². The Bertz CT molecular complexity index is 999. The minimum atomic E-state index is -0.271. The summed E-state index contributed by atoms with van der Waals surface area (Å²) < 4.78 is 25.3. The van der Waals surface area contributed by atoms with Crippen molar-refractivity contribution in [2.75, 3.05) is 13.7 Å². The molecule has 0 unspecified atom stereocenters. The summed E-state index contributed by atoms with van der Waals surface area (Å²) in [6.45, 7) is 1.75. The van der Waals surface area contributed by atoms with Gasteiger partial charge in [0, 0.05) is 16.6 Å². The molecule has 3 aromatic rings. The van der Waals surface area contributed by atoms with Crippen molar-refractivity contribution >= 4 is 39.1 Å². The maximum absolute atomic E-state index is 13.1. The molecule has 0 aliphatic rings. The molecule has 0 bridgehead atoms. The summed E-state index contributed by atoms with van der Waals surface area (Å²) in [6, 6.07) is 15.7. The molecule has 7 heteroatoms. The van der Waals surface area contributed by atoms with Gasteiger partial charge >= 0.3 is 0 Å². The third-order valence-corrected chi connectivity index (χ3v) is 5.68. The minimum Gasteiger partial charge on any atom is -0.493 e. The van der Waals surface area contributed by atoms with Gasteiger partial charge in [-0.05, 0) is 82.0 Å². The van der Waals surface area contributed by atoms with Gasteiger partial charge in [-0.2, -0.15) is 0 Å². The van der Waals surface area contributed by atoms with E-state index in [-0.39, 0.29) is 5.82 Å². The molecule has 1 N–H and O–H groups in total.